The van der Waals surface area contributed by atoms with E-state index in [1.807, 2.05) is 53.7 Å². The first-order chi connectivity index (χ1) is 7.61. The van der Waals surface area contributed by atoms with Crippen LogP contribution >= 0.6 is 11.8 Å². The fourth-order valence-electron chi connectivity index (χ4n) is 0.578. The zero-order valence-corrected chi connectivity index (χ0v) is 12.4. The molecule has 0 saturated carbocycles. The van der Waals surface area contributed by atoms with Gasteiger partial charge in [-0.25, -0.2) is 0 Å². The second kappa shape index (κ2) is 16.5. The highest BCUT2D eigenvalue weighted by molar-refractivity contribution is 8.06. The molecule has 0 saturated heterocycles. The Bertz CT molecular complexity index is 237. The fraction of sp³-hybridized carbons (Fsp3) is 0.429. The number of thioether (sulfide) groups is 1. The van der Waals surface area contributed by atoms with Crippen molar-refractivity contribution < 1.29 is 0 Å². The van der Waals surface area contributed by atoms with Crippen molar-refractivity contribution in [1.82, 2.24) is 0 Å². The Morgan fingerprint density at radius 3 is 1.94 bits per heavy atom. The van der Waals surface area contributed by atoms with E-state index in [0.717, 1.165) is 10.5 Å². The second-order valence-electron chi connectivity index (χ2n) is 2.34. The number of rotatable bonds is 4. The van der Waals surface area contributed by atoms with Gasteiger partial charge < -0.3 is 5.73 Å². The quantitative estimate of drug-likeness (QED) is 0.681. The van der Waals surface area contributed by atoms with Gasteiger partial charge in [0.05, 0.1) is 0 Å². The van der Waals surface area contributed by atoms with Gasteiger partial charge in [-0.05, 0) is 25.3 Å². The van der Waals surface area contributed by atoms with Crippen LogP contribution in [0.3, 0.4) is 0 Å². The summed E-state index contributed by atoms with van der Waals surface area (Å²) in [5.74, 6) is 0. The summed E-state index contributed by atoms with van der Waals surface area (Å²) < 4.78 is 0. The van der Waals surface area contributed by atoms with Gasteiger partial charge in [0.25, 0.3) is 0 Å². The van der Waals surface area contributed by atoms with Gasteiger partial charge >= 0.3 is 0 Å². The van der Waals surface area contributed by atoms with Gasteiger partial charge in [-0.2, -0.15) is 0 Å². The lowest BCUT2D eigenvalue weighted by Gasteiger charge is -2.01. The summed E-state index contributed by atoms with van der Waals surface area (Å²) in [5, 5.41) is 1.72. The average molecular weight is 241 g/mol. The predicted octanol–water partition coefficient (Wildman–Crippen LogP) is 5.24. The fourth-order valence-corrected chi connectivity index (χ4v) is 0.974. The molecule has 0 aromatic carbocycles. The van der Waals surface area contributed by atoms with Crippen LogP contribution in [0.25, 0.3) is 0 Å². The minimum atomic E-state index is 0.704. The highest BCUT2D eigenvalue weighted by Gasteiger charge is 1.95. The minimum absolute atomic E-state index is 0.704. The van der Waals surface area contributed by atoms with Crippen molar-refractivity contribution in [1.29, 1.82) is 0 Å². The molecule has 0 aliphatic carbocycles. The Balaban J connectivity index is -0.000000376. The maximum Gasteiger partial charge on any atom is 0.0452 e. The Morgan fingerprint density at radius 2 is 1.62 bits per heavy atom. The molecule has 1 nitrogen and oxygen atoms in total. The van der Waals surface area contributed by atoms with E-state index in [2.05, 4.69) is 13.2 Å². The van der Waals surface area contributed by atoms with Crippen LogP contribution in [-0.2, 0) is 0 Å². The third-order valence-electron chi connectivity index (χ3n) is 1.39. The maximum atomic E-state index is 5.73. The van der Waals surface area contributed by atoms with Crippen molar-refractivity contribution in [2.24, 2.45) is 5.73 Å². The summed E-state index contributed by atoms with van der Waals surface area (Å²) >= 11 is 1.44. The Kier molecular flexibility index (Phi) is 21.2. The van der Waals surface area contributed by atoms with Crippen LogP contribution in [0.5, 0.6) is 0 Å². The number of hydrogen-bond acceptors (Lipinski definition) is 2. The molecule has 0 aliphatic rings. The van der Waals surface area contributed by atoms with Crippen LogP contribution < -0.4 is 5.73 Å². The highest BCUT2D eigenvalue weighted by Crippen LogP contribution is 2.19. The lowest BCUT2D eigenvalue weighted by molar-refractivity contribution is 1.36. The zero-order chi connectivity index (χ0) is 13.6. The molecule has 0 atom stereocenters. The van der Waals surface area contributed by atoms with E-state index in [9.17, 15) is 0 Å². The van der Waals surface area contributed by atoms with Gasteiger partial charge in [0.1, 0.15) is 0 Å². The van der Waals surface area contributed by atoms with Crippen LogP contribution in [0.4, 0.5) is 0 Å². The third kappa shape index (κ3) is 13.1. The minimum Gasteiger partial charge on any atom is -0.398 e. The molecule has 0 amide bonds. The van der Waals surface area contributed by atoms with Gasteiger partial charge in [0, 0.05) is 10.6 Å². The van der Waals surface area contributed by atoms with E-state index in [4.69, 9.17) is 5.73 Å². The summed E-state index contributed by atoms with van der Waals surface area (Å²) in [4.78, 5) is 0.839. The zero-order valence-electron chi connectivity index (χ0n) is 11.6. The molecule has 2 N–H and O–H groups in total. The van der Waals surface area contributed by atoms with Gasteiger partial charge in [-0.3, -0.25) is 0 Å². The molecule has 16 heavy (non-hydrogen) atoms. The van der Waals surface area contributed by atoms with Crippen molar-refractivity contribution >= 4 is 11.8 Å². The second-order valence-corrected chi connectivity index (χ2v) is 3.40. The first kappa shape index (κ1) is 20.5. The topological polar surface area (TPSA) is 26.0 Å². The highest BCUT2D eigenvalue weighted by atomic mass is 32.2. The molecule has 0 spiro atoms. The van der Waals surface area contributed by atoms with Crippen molar-refractivity contribution in [3.05, 3.63) is 46.9 Å². The normalized spacial score (nSPS) is 10.4. The molecule has 0 aromatic rings. The van der Waals surface area contributed by atoms with E-state index in [1.165, 1.54) is 11.8 Å². The van der Waals surface area contributed by atoms with E-state index in [1.54, 1.807) is 5.41 Å². The molecule has 0 aromatic heterocycles. The third-order valence-corrected chi connectivity index (χ3v) is 2.07. The van der Waals surface area contributed by atoms with Crippen molar-refractivity contribution in [3.8, 4) is 0 Å². The Labute approximate surface area is 106 Å². The molecule has 0 rings (SSSR count). The summed E-state index contributed by atoms with van der Waals surface area (Å²) in [6, 6.07) is 0. The smallest absolute Gasteiger partial charge is 0.0452 e. The lowest BCUT2D eigenvalue weighted by atomic mass is 10.2. The van der Waals surface area contributed by atoms with Crippen molar-refractivity contribution in [2.75, 3.05) is 0 Å². The Hall–Kier alpha value is -0.890. The maximum absolute atomic E-state index is 5.73. The largest absolute Gasteiger partial charge is 0.398 e. The molecule has 0 aliphatic heterocycles. The summed E-state index contributed by atoms with van der Waals surface area (Å²) in [6.07, 6.45) is 3.90. The molecule has 0 heterocycles. The van der Waals surface area contributed by atoms with Crippen LogP contribution in [0.1, 0.15) is 41.5 Å². The molecular weight excluding hydrogens is 214 g/mol. The van der Waals surface area contributed by atoms with Crippen LogP contribution in [-0.4, -0.2) is 0 Å². The molecular formula is C14H27NS. The summed E-state index contributed by atoms with van der Waals surface area (Å²) in [6.45, 7) is 19.4. The summed E-state index contributed by atoms with van der Waals surface area (Å²) in [5.41, 5.74) is 7.57. The lowest BCUT2D eigenvalue weighted by Crippen LogP contribution is -1.97. The molecule has 0 bridgehead atoms. The molecule has 0 radical (unpaired) electrons. The molecule has 0 unspecified atom stereocenters. The van der Waals surface area contributed by atoms with Crippen LogP contribution in [0, 0.1) is 0 Å². The molecule has 0 fully saturated rings. The predicted molar refractivity (Wildman–Crippen MR) is 81.3 cm³/mol. The van der Waals surface area contributed by atoms with Gasteiger partial charge in [0.2, 0.25) is 0 Å². The van der Waals surface area contributed by atoms with Gasteiger partial charge in [-0.1, -0.05) is 64.3 Å². The number of hydrogen-bond donors (Lipinski definition) is 1. The van der Waals surface area contributed by atoms with Crippen LogP contribution in [0.2, 0.25) is 0 Å². The number of nitrogens with two attached hydrogens (primary N) is 1. The van der Waals surface area contributed by atoms with E-state index < -0.39 is 0 Å². The average Bonchev–Trinajstić information content (AvgIpc) is 2.34. The monoisotopic (exact) mass is 241 g/mol. The van der Waals surface area contributed by atoms with Gasteiger partial charge in [0.15, 0.2) is 0 Å². The van der Waals surface area contributed by atoms with Crippen molar-refractivity contribution in [2.45, 2.75) is 41.5 Å². The van der Waals surface area contributed by atoms with E-state index >= 15 is 0 Å². The SMILES string of the molecule is C=CSC(=C)/C(N)=C\C(C)=C/C.CC.CC. The van der Waals surface area contributed by atoms with Crippen LogP contribution in [0.15, 0.2) is 46.9 Å². The molecule has 2 heteroatoms. The number of allylic oxidation sites excluding steroid dienone is 3. The molecule has 94 valence electrons. The Morgan fingerprint density at radius 1 is 1.19 bits per heavy atom. The summed E-state index contributed by atoms with van der Waals surface area (Å²) in [7, 11) is 0. The standard InChI is InChI=1S/C10H15NS.2C2H6/c1-5-8(3)7-10(11)9(4)12-6-2;2*1-2/h5-7H,2,4,11H2,1,3H3;2*1-2H3/b8-5-,10-7+;;. The van der Waals surface area contributed by atoms with E-state index in [0.29, 0.717) is 5.70 Å². The first-order valence-electron chi connectivity index (χ1n) is 5.68. The van der Waals surface area contributed by atoms with E-state index in [-0.39, 0.29) is 0 Å². The first-order valence-corrected chi connectivity index (χ1v) is 6.56. The van der Waals surface area contributed by atoms with Gasteiger partial charge in [-0.15, -0.1) is 0 Å². The van der Waals surface area contributed by atoms with Crippen molar-refractivity contribution in [3.63, 3.8) is 0 Å².